The molecule has 2 heterocycles. The molecule has 1 amide bonds. The minimum atomic E-state index is -0.417. The molecule has 124 valence electrons. The molecule has 24 heavy (non-hydrogen) atoms. The molecule has 1 aromatic carbocycles. The van der Waals surface area contributed by atoms with Gasteiger partial charge in [0, 0.05) is 44.8 Å². The molecule has 0 saturated heterocycles. The number of hydrogen-bond donors (Lipinski definition) is 0. The first-order chi connectivity index (χ1) is 11.6. The highest BCUT2D eigenvalue weighted by atomic mass is 19.1. The van der Waals surface area contributed by atoms with Gasteiger partial charge in [-0.2, -0.15) is 0 Å². The number of hydrogen-bond acceptors (Lipinski definition) is 3. The van der Waals surface area contributed by atoms with E-state index in [1.165, 1.54) is 6.07 Å². The van der Waals surface area contributed by atoms with Crippen LogP contribution in [-0.4, -0.2) is 38.9 Å². The SMILES string of the molecule is CN(CCCc1nccn1C)C(=O)c1ccc2cccc(F)c2n1. The third-order valence-electron chi connectivity index (χ3n) is 4.05. The second-order valence-corrected chi connectivity index (χ2v) is 5.79. The van der Waals surface area contributed by atoms with E-state index < -0.39 is 5.82 Å². The van der Waals surface area contributed by atoms with Crippen LogP contribution in [0.3, 0.4) is 0 Å². The minimum Gasteiger partial charge on any atom is -0.340 e. The number of carbonyl (C=O) groups excluding carboxylic acids is 1. The lowest BCUT2D eigenvalue weighted by Crippen LogP contribution is -2.29. The number of halogens is 1. The Labute approximate surface area is 139 Å². The maximum absolute atomic E-state index is 13.8. The standard InChI is InChI=1S/C18H19FN4O/c1-22-12-10-20-16(22)7-4-11-23(2)18(24)15-9-8-13-5-3-6-14(19)17(13)21-15/h3,5-6,8-10,12H,4,7,11H2,1-2H3. The Bertz CT molecular complexity index is 874. The molecule has 6 heteroatoms. The van der Waals surface area contributed by atoms with E-state index in [0.717, 1.165) is 18.7 Å². The first-order valence-electron chi connectivity index (χ1n) is 7.83. The lowest BCUT2D eigenvalue weighted by molar-refractivity contribution is 0.0788. The van der Waals surface area contributed by atoms with Crippen molar-refractivity contribution in [2.24, 2.45) is 7.05 Å². The van der Waals surface area contributed by atoms with E-state index in [9.17, 15) is 9.18 Å². The van der Waals surface area contributed by atoms with Crippen LogP contribution in [0.4, 0.5) is 4.39 Å². The molecule has 3 rings (SSSR count). The fraction of sp³-hybridized carbons (Fsp3) is 0.278. The number of rotatable bonds is 5. The van der Waals surface area contributed by atoms with Gasteiger partial charge in [-0.25, -0.2) is 14.4 Å². The summed E-state index contributed by atoms with van der Waals surface area (Å²) in [5.41, 5.74) is 0.483. The first kappa shape index (κ1) is 16.1. The number of para-hydroxylation sites is 1. The molecule has 0 aliphatic heterocycles. The average molecular weight is 326 g/mol. The topological polar surface area (TPSA) is 51.0 Å². The summed E-state index contributed by atoms with van der Waals surface area (Å²) in [5, 5.41) is 0.684. The van der Waals surface area contributed by atoms with Crippen molar-refractivity contribution in [3.63, 3.8) is 0 Å². The van der Waals surface area contributed by atoms with Crippen molar-refractivity contribution in [3.05, 3.63) is 60.1 Å². The van der Waals surface area contributed by atoms with Crippen molar-refractivity contribution < 1.29 is 9.18 Å². The zero-order chi connectivity index (χ0) is 17.1. The summed E-state index contributed by atoms with van der Waals surface area (Å²) in [6.07, 6.45) is 5.26. The lowest BCUT2D eigenvalue weighted by Gasteiger charge is -2.16. The van der Waals surface area contributed by atoms with Crippen molar-refractivity contribution in [2.45, 2.75) is 12.8 Å². The molecule has 0 fully saturated rings. The van der Waals surface area contributed by atoms with Crippen molar-refractivity contribution in [1.29, 1.82) is 0 Å². The lowest BCUT2D eigenvalue weighted by atomic mass is 10.2. The van der Waals surface area contributed by atoms with E-state index >= 15 is 0 Å². The van der Waals surface area contributed by atoms with E-state index in [1.54, 1.807) is 42.4 Å². The monoisotopic (exact) mass is 326 g/mol. The molecular formula is C18H19FN4O. The van der Waals surface area contributed by atoms with E-state index in [-0.39, 0.29) is 17.1 Å². The molecule has 0 unspecified atom stereocenters. The highest BCUT2D eigenvalue weighted by Gasteiger charge is 2.14. The molecule has 5 nitrogen and oxygen atoms in total. The van der Waals surface area contributed by atoms with Gasteiger partial charge >= 0.3 is 0 Å². The summed E-state index contributed by atoms with van der Waals surface area (Å²) < 4.78 is 15.8. The summed E-state index contributed by atoms with van der Waals surface area (Å²) in [6.45, 7) is 0.586. The predicted molar refractivity (Wildman–Crippen MR) is 90.2 cm³/mol. The number of pyridine rings is 1. The Morgan fingerprint density at radius 3 is 2.88 bits per heavy atom. The fourth-order valence-electron chi connectivity index (χ4n) is 2.64. The van der Waals surface area contributed by atoms with Gasteiger partial charge in [0.05, 0.1) is 0 Å². The van der Waals surface area contributed by atoms with Gasteiger partial charge < -0.3 is 9.47 Å². The largest absolute Gasteiger partial charge is 0.340 e. The number of fused-ring (bicyclic) bond motifs is 1. The van der Waals surface area contributed by atoms with Crippen LogP contribution in [0, 0.1) is 5.82 Å². The Hall–Kier alpha value is -2.76. The molecule has 0 N–H and O–H groups in total. The molecule has 0 aliphatic rings. The fourth-order valence-corrected chi connectivity index (χ4v) is 2.64. The minimum absolute atomic E-state index is 0.208. The van der Waals surface area contributed by atoms with Crippen molar-refractivity contribution in [2.75, 3.05) is 13.6 Å². The Morgan fingerprint density at radius 2 is 2.12 bits per heavy atom. The average Bonchev–Trinajstić information content (AvgIpc) is 2.99. The van der Waals surface area contributed by atoms with Crippen LogP contribution in [0.25, 0.3) is 10.9 Å². The Balaban J connectivity index is 1.67. The quantitative estimate of drug-likeness (QED) is 0.724. The van der Waals surface area contributed by atoms with Gasteiger partial charge in [-0.1, -0.05) is 18.2 Å². The first-order valence-corrected chi connectivity index (χ1v) is 7.83. The predicted octanol–water partition coefficient (Wildman–Crippen LogP) is 2.81. The highest BCUT2D eigenvalue weighted by Crippen LogP contribution is 2.16. The maximum Gasteiger partial charge on any atom is 0.272 e. The smallest absolute Gasteiger partial charge is 0.272 e. The zero-order valence-electron chi connectivity index (χ0n) is 13.7. The molecule has 3 aromatic rings. The Morgan fingerprint density at radius 1 is 1.29 bits per heavy atom. The van der Waals surface area contributed by atoms with Gasteiger partial charge in [0.15, 0.2) is 0 Å². The number of carbonyl (C=O) groups is 1. The number of aromatic nitrogens is 3. The second kappa shape index (κ2) is 6.78. The van der Waals surface area contributed by atoms with Crippen LogP contribution in [0.15, 0.2) is 42.7 Å². The van der Waals surface area contributed by atoms with Gasteiger partial charge in [0.1, 0.15) is 22.9 Å². The Kier molecular flexibility index (Phi) is 4.55. The maximum atomic E-state index is 13.8. The molecule has 0 spiro atoms. The molecule has 0 bridgehead atoms. The van der Waals surface area contributed by atoms with E-state index in [1.807, 2.05) is 17.8 Å². The van der Waals surface area contributed by atoms with E-state index in [0.29, 0.717) is 11.9 Å². The molecule has 0 radical (unpaired) electrons. The van der Waals surface area contributed by atoms with Crippen LogP contribution in [-0.2, 0) is 13.5 Å². The number of aryl methyl sites for hydroxylation is 2. The molecule has 0 aliphatic carbocycles. The highest BCUT2D eigenvalue weighted by molar-refractivity contribution is 5.94. The molecule has 2 aromatic heterocycles. The van der Waals surface area contributed by atoms with Gasteiger partial charge in [-0.05, 0) is 18.6 Å². The van der Waals surface area contributed by atoms with Crippen LogP contribution < -0.4 is 0 Å². The number of amides is 1. The third-order valence-corrected chi connectivity index (χ3v) is 4.05. The summed E-state index contributed by atoms with van der Waals surface area (Å²) in [4.78, 5) is 22.5. The van der Waals surface area contributed by atoms with Crippen LogP contribution >= 0.6 is 0 Å². The zero-order valence-corrected chi connectivity index (χ0v) is 13.7. The van der Waals surface area contributed by atoms with Crippen LogP contribution in [0.5, 0.6) is 0 Å². The van der Waals surface area contributed by atoms with Gasteiger partial charge in [0.25, 0.3) is 5.91 Å². The summed E-state index contributed by atoms with van der Waals surface area (Å²) >= 11 is 0. The summed E-state index contributed by atoms with van der Waals surface area (Å²) in [6, 6.07) is 8.11. The van der Waals surface area contributed by atoms with Gasteiger partial charge in [0.2, 0.25) is 0 Å². The number of nitrogens with zero attached hydrogens (tertiary/aromatic N) is 4. The second-order valence-electron chi connectivity index (χ2n) is 5.79. The van der Waals surface area contributed by atoms with Crippen molar-refractivity contribution in [1.82, 2.24) is 19.4 Å². The molecule has 0 saturated carbocycles. The van der Waals surface area contributed by atoms with Crippen molar-refractivity contribution in [3.8, 4) is 0 Å². The van der Waals surface area contributed by atoms with Gasteiger partial charge in [-0.15, -0.1) is 0 Å². The molecular weight excluding hydrogens is 307 g/mol. The third kappa shape index (κ3) is 3.27. The van der Waals surface area contributed by atoms with Crippen LogP contribution in [0.1, 0.15) is 22.7 Å². The number of imidazole rings is 1. The summed E-state index contributed by atoms with van der Waals surface area (Å²) in [5.74, 6) is 0.362. The van der Waals surface area contributed by atoms with Gasteiger partial charge in [-0.3, -0.25) is 4.79 Å². The molecule has 0 atom stereocenters. The number of benzene rings is 1. The van der Waals surface area contributed by atoms with E-state index in [4.69, 9.17) is 0 Å². The van der Waals surface area contributed by atoms with Crippen LogP contribution in [0.2, 0.25) is 0 Å². The normalized spacial score (nSPS) is 11.0. The van der Waals surface area contributed by atoms with Crippen molar-refractivity contribution >= 4 is 16.8 Å². The van der Waals surface area contributed by atoms with E-state index in [2.05, 4.69) is 9.97 Å². The summed E-state index contributed by atoms with van der Waals surface area (Å²) in [7, 11) is 3.68.